The van der Waals surface area contributed by atoms with Crippen molar-refractivity contribution in [3.05, 3.63) is 0 Å². The standard InChI is InChI=1S/C25H52O10/c1-2-3-4-5-6-7-25(27)24-35-23-22-34-21-20-33-19-18-32-17-16-31-15-14-30-13-12-29-11-10-28-9-8-26/h25-27H,2-24H2,1H3. The Morgan fingerprint density at radius 2 is 0.800 bits per heavy atom. The molecule has 0 rings (SSSR count). The van der Waals surface area contributed by atoms with Crippen LogP contribution in [0.5, 0.6) is 0 Å². The molecule has 0 aliphatic carbocycles. The van der Waals surface area contributed by atoms with Gasteiger partial charge in [0.2, 0.25) is 0 Å². The van der Waals surface area contributed by atoms with Crippen LogP contribution in [-0.4, -0.2) is 129 Å². The molecule has 35 heavy (non-hydrogen) atoms. The van der Waals surface area contributed by atoms with Crippen molar-refractivity contribution >= 4 is 0 Å². The van der Waals surface area contributed by atoms with Gasteiger partial charge in [-0.1, -0.05) is 39.0 Å². The van der Waals surface area contributed by atoms with E-state index in [0.717, 1.165) is 12.8 Å². The van der Waals surface area contributed by atoms with Crippen molar-refractivity contribution < 1.29 is 48.1 Å². The Morgan fingerprint density at radius 3 is 1.17 bits per heavy atom. The Balaban J connectivity index is 3.07. The van der Waals surface area contributed by atoms with Crippen molar-refractivity contribution in [1.82, 2.24) is 0 Å². The molecule has 0 spiro atoms. The minimum Gasteiger partial charge on any atom is -0.394 e. The summed E-state index contributed by atoms with van der Waals surface area (Å²) in [5.41, 5.74) is 0. The highest BCUT2D eigenvalue weighted by Crippen LogP contribution is 2.07. The zero-order valence-corrected chi connectivity index (χ0v) is 22.0. The van der Waals surface area contributed by atoms with Crippen LogP contribution in [0, 0.1) is 0 Å². The molecule has 0 aliphatic heterocycles. The lowest BCUT2D eigenvalue weighted by molar-refractivity contribution is -0.0278. The molecule has 10 heteroatoms. The van der Waals surface area contributed by atoms with Crippen LogP contribution >= 0.6 is 0 Å². The van der Waals surface area contributed by atoms with Crippen LogP contribution in [0.1, 0.15) is 45.4 Å². The molecule has 0 saturated carbocycles. The molecule has 0 saturated heterocycles. The molecular weight excluding hydrogens is 460 g/mol. The quantitative estimate of drug-likeness (QED) is 0.133. The molecule has 0 aromatic carbocycles. The Morgan fingerprint density at radius 1 is 0.457 bits per heavy atom. The lowest BCUT2D eigenvalue weighted by Gasteiger charge is -2.11. The van der Waals surface area contributed by atoms with E-state index in [1.165, 1.54) is 25.7 Å². The molecule has 212 valence electrons. The second kappa shape index (κ2) is 31.6. The first-order chi connectivity index (χ1) is 17.3. The van der Waals surface area contributed by atoms with Gasteiger partial charge in [0, 0.05) is 0 Å². The summed E-state index contributed by atoms with van der Waals surface area (Å²) in [6.07, 6.45) is 6.44. The number of hydrogen-bond donors (Lipinski definition) is 2. The Kier molecular flexibility index (Phi) is 31.3. The van der Waals surface area contributed by atoms with Crippen molar-refractivity contribution in [1.29, 1.82) is 0 Å². The van der Waals surface area contributed by atoms with Crippen molar-refractivity contribution in [3.8, 4) is 0 Å². The summed E-state index contributed by atoms with van der Waals surface area (Å²) in [5.74, 6) is 0. The van der Waals surface area contributed by atoms with Crippen molar-refractivity contribution in [2.24, 2.45) is 0 Å². The normalized spacial score (nSPS) is 12.4. The van der Waals surface area contributed by atoms with E-state index in [2.05, 4.69) is 6.92 Å². The summed E-state index contributed by atoms with van der Waals surface area (Å²) >= 11 is 0. The molecular formula is C25H52O10. The molecule has 0 radical (unpaired) electrons. The maximum atomic E-state index is 9.86. The topological polar surface area (TPSA) is 114 Å². The van der Waals surface area contributed by atoms with Gasteiger partial charge in [0.25, 0.3) is 0 Å². The molecule has 0 aromatic rings. The van der Waals surface area contributed by atoms with Crippen LogP contribution < -0.4 is 0 Å². The fourth-order valence-electron chi connectivity index (χ4n) is 2.89. The Hall–Kier alpha value is -0.400. The first-order valence-corrected chi connectivity index (χ1v) is 13.2. The maximum Gasteiger partial charge on any atom is 0.0773 e. The second-order valence-corrected chi connectivity index (χ2v) is 7.94. The molecule has 2 N–H and O–H groups in total. The summed E-state index contributed by atoms with van der Waals surface area (Å²) < 4.78 is 43.0. The minimum absolute atomic E-state index is 0.0292. The van der Waals surface area contributed by atoms with Crippen LogP contribution in [0.3, 0.4) is 0 Å². The average molecular weight is 513 g/mol. The van der Waals surface area contributed by atoms with Gasteiger partial charge < -0.3 is 48.1 Å². The monoisotopic (exact) mass is 512 g/mol. The maximum absolute atomic E-state index is 9.86. The average Bonchev–Trinajstić information content (AvgIpc) is 2.86. The first kappa shape index (κ1) is 34.6. The number of rotatable bonds is 31. The van der Waals surface area contributed by atoms with E-state index in [0.29, 0.717) is 106 Å². The molecule has 0 amide bonds. The zero-order valence-electron chi connectivity index (χ0n) is 22.0. The number of ether oxygens (including phenoxy) is 8. The van der Waals surface area contributed by atoms with Crippen molar-refractivity contribution in [2.75, 3.05) is 112 Å². The van der Waals surface area contributed by atoms with Crippen LogP contribution in [0.15, 0.2) is 0 Å². The van der Waals surface area contributed by atoms with Crippen molar-refractivity contribution in [2.45, 2.75) is 51.6 Å². The third-order valence-electron chi connectivity index (χ3n) is 4.79. The summed E-state index contributed by atoms with van der Waals surface area (Å²) in [7, 11) is 0. The van der Waals surface area contributed by atoms with E-state index in [9.17, 15) is 5.11 Å². The highest BCUT2D eigenvalue weighted by atomic mass is 16.6. The summed E-state index contributed by atoms with van der Waals surface area (Å²) in [4.78, 5) is 0. The van der Waals surface area contributed by atoms with Gasteiger partial charge in [-0.25, -0.2) is 0 Å². The molecule has 1 unspecified atom stereocenters. The summed E-state index contributed by atoms with van der Waals surface area (Å²) in [6.45, 7) is 10.0. The largest absolute Gasteiger partial charge is 0.394 e. The minimum atomic E-state index is -0.376. The highest BCUT2D eigenvalue weighted by Gasteiger charge is 2.04. The number of aliphatic hydroxyl groups is 2. The number of unbranched alkanes of at least 4 members (excludes halogenated alkanes) is 4. The fourth-order valence-corrected chi connectivity index (χ4v) is 2.89. The van der Waals surface area contributed by atoms with E-state index in [-0.39, 0.29) is 12.7 Å². The first-order valence-electron chi connectivity index (χ1n) is 13.2. The van der Waals surface area contributed by atoms with E-state index in [1.54, 1.807) is 0 Å². The lowest BCUT2D eigenvalue weighted by Crippen LogP contribution is -2.18. The van der Waals surface area contributed by atoms with Crippen LogP contribution in [0.4, 0.5) is 0 Å². The van der Waals surface area contributed by atoms with Crippen LogP contribution in [0.2, 0.25) is 0 Å². The SMILES string of the molecule is CCCCCCCC(O)COCCOCCOCCOCCOCCOCCOCCOCCO. The number of aliphatic hydroxyl groups excluding tert-OH is 2. The molecule has 0 heterocycles. The van der Waals surface area contributed by atoms with Crippen LogP contribution in [-0.2, 0) is 37.9 Å². The molecule has 0 aliphatic rings. The van der Waals surface area contributed by atoms with E-state index in [1.807, 2.05) is 0 Å². The lowest BCUT2D eigenvalue weighted by atomic mass is 10.1. The molecule has 10 nitrogen and oxygen atoms in total. The third-order valence-corrected chi connectivity index (χ3v) is 4.79. The zero-order chi connectivity index (χ0) is 25.5. The summed E-state index contributed by atoms with van der Waals surface area (Å²) in [5, 5.41) is 18.4. The van der Waals surface area contributed by atoms with E-state index >= 15 is 0 Å². The molecule has 0 aromatic heterocycles. The van der Waals surface area contributed by atoms with Gasteiger partial charge >= 0.3 is 0 Å². The van der Waals surface area contributed by atoms with Crippen LogP contribution in [0.25, 0.3) is 0 Å². The van der Waals surface area contributed by atoms with Gasteiger partial charge in [-0.3, -0.25) is 0 Å². The predicted octanol–water partition coefficient (Wildman–Crippen LogP) is 1.83. The smallest absolute Gasteiger partial charge is 0.0773 e. The summed E-state index contributed by atoms with van der Waals surface area (Å²) in [6, 6.07) is 0. The van der Waals surface area contributed by atoms with E-state index < -0.39 is 0 Å². The number of hydrogen-bond acceptors (Lipinski definition) is 10. The predicted molar refractivity (Wildman–Crippen MR) is 133 cm³/mol. The molecule has 1 atom stereocenters. The third kappa shape index (κ3) is 31.6. The molecule has 0 fully saturated rings. The fraction of sp³-hybridized carbons (Fsp3) is 1.00. The highest BCUT2D eigenvalue weighted by molar-refractivity contribution is 4.54. The Bertz CT molecular complexity index is 376. The van der Waals surface area contributed by atoms with Gasteiger partial charge in [-0.2, -0.15) is 0 Å². The van der Waals surface area contributed by atoms with E-state index in [4.69, 9.17) is 43.0 Å². The van der Waals surface area contributed by atoms with Gasteiger partial charge in [0.1, 0.15) is 0 Å². The Labute approximate surface area is 212 Å². The van der Waals surface area contributed by atoms with Gasteiger partial charge in [-0.05, 0) is 6.42 Å². The molecule has 0 bridgehead atoms. The van der Waals surface area contributed by atoms with Crippen molar-refractivity contribution in [3.63, 3.8) is 0 Å². The van der Waals surface area contributed by atoms with Gasteiger partial charge in [0.15, 0.2) is 0 Å². The van der Waals surface area contributed by atoms with Gasteiger partial charge in [-0.15, -0.1) is 0 Å². The van der Waals surface area contributed by atoms with Gasteiger partial charge in [0.05, 0.1) is 118 Å². The second-order valence-electron chi connectivity index (χ2n) is 7.94.